The van der Waals surface area contributed by atoms with Gasteiger partial charge in [0.2, 0.25) is 0 Å². The third-order valence-corrected chi connectivity index (χ3v) is 5.21. The SMILES string of the molecule is CCNC(=NCc1cccc(C(=O)NC)c1)N1CCC(COCc2ccccc2)C1. The van der Waals surface area contributed by atoms with Crippen molar-refractivity contribution in [3.63, 3.8) is 0 Å². The van der Waals surface area contributed by atoms with Crippen LogP contribution in [0.25, 0.3) is 0 Å². The number of likely N-dealkylation sites (tertiary alicyclic amines) is 1. The summed E-state index contributed by atoms with van der Waals surface area (Å²) >= 11 is 0. The molecular formula is C24H32N4O2. The van der Waals surface area contributed by atoms with Gasteiger partial charge >= 0.3 is 0 Å². The van der Waals surface area contributed by atoms with Crippen molar-refractivity contribution in [3.05, 3.63) is 71.3 Å². The van der Waals surface area contributed by atoms with E-state index in [2.05, 4.69) is 34.6 Å². The molecule has 0 aromatic heterocycles. The van der Waals surface area contributed by atoms with E-state index in [4.69, 9.17) is 9.73 Å². The van der Waals surface area contributed by atoms with Crippen LogP contribution in [0.2, 0.25) is 0 Å². The molecule has 1 aliphatic heterocycles. The van der Waals surface area contributed by atoms with E-state index in [1.165, 1.54) is 5.56 Å². The van der Waals surface area contributed by atoms with Crippen LogP contribution in [0.4, 0.5) is 0 Å². The number of ether oxygens (including phenoxy) is 1. The van der Waals surface area contributed by atoms with Crippen LogP contribution in [0.5, 0.6) is 0 Å². The Kier molecular flexibility index (Phi) is 8.27. The first-order chi connectivity index (χ1) is 14.7. The Balaban J connectivity index is 1.53. The highest BCUT2D eigenvalue weighted by Crippen LogP contribution is 2.18. The minimum atomic E-state index is -0.0781. The topological polar surface area (TPSA) is 66.0 Å². The number of carbonyl (C=O) groups is 1. The predicted molar refractivity (Wildman–Crippen MR) is 120 cm³/mol. The standard InChI is InChI=1S/C24H32N4O2/c1-3-26-24(27-15-20-10-7-11-22(14-20)23(29)25-2)28-13-12-21(16-28)18-30-17-19-8-5-4-6-9-19/h4-11,14,21H,3,12-13,15-18H2,1-2H3,(H,25,29)(H,26,27). The first-order valence-corrected chi connectivity index (χ1v) is 10.7. The summed E-state index contributed by atoms with van der Waals surface area (Å²) in [4.78, 5) is 19.0. The Hall–Kier alpha value is -2.86. The lowest BCUT2D eigenvalue weighted by Gasteiger charge is -2.21. The molecule has 6 nitrogen and oxygen atoms in total. The smallest absolute Gasteiger partial charge is 0.251 e. The Morgan fingerprint density at radius 2 is 1.97 bits per heavy atom. The molecule has 30 heavy (non-hydrogen) atoms. The Morgan fingerprint density at radius 3 is 2.73 bits per heavy atom. The summed E-state index contributed by atoms with van der Waals surface area (Å²) in [7, 11) is 1.64. The zero-order valence-electron chi connectivity index (χ0n) is 17.9. The van der Waals surface area contributed by atoms with Crippen molar-refractivity contribution in [1.82, 2.24) is 15.5 Å². The summed E-state index contributed by atoms with van der Waals surface area (Å²) in [5, 5.41) is 6.06. The molecule has 2 aromatic rings. The second-order valence-electron chi connectivity index (χ2n) is 7.55. The van der Waals surface area contributed by atoms with Crippen LogP contribution in [0.1, 0.15) is 34.8 Å². The predicted octanol–water partition coefficient (Wildman–Crippen LogP) is 3.05. The molecule has 0 saturated carbocycles. The number of guanidine groups is 1. The molecule has 1 saturated heterocycles. The number of carbonyl (C=O) groups excluding carboxylic acids is 1. The van der Waals surface area contributed by atoms with Gasteiger partial charge in [-0.3, -0.25) is 4.79 Å². The third-order valence-electron chi connectivity index (χ3n) is 5.21. The van der Waals surface area contributed by atoms with E-state index in [9.17, 15) is 4.79 Å². The molecule has 0 spiro atoms. The van der Waals surface area contributed by atoms with E-state index < -0.39 is 0 Å². The normalized spacial score (nSPS) is 16.5. The molecule has 2 N–H and O–H groups in total. The van der Waals surface area contributed by atoms with E-state index in [-0.39, 0.29) is 5.91 Å². The summed E-state index contributed by atoms with van der Waals surface area (Å²) in [6.07, 6.45) is 1.10. The van der Waals surface area contributed by atoms with Crippen LogP contribution in [0.15, 0.2) is 59.6 Å². The van der Waals surface area contributed by atoms with E-state index >= 15 is 0 Å². The Morgan fingerprint density at radius 1 is 1.17 bits per heavy atom. The lowest BCUT2D eigenvalue weighted by atomic mass is 10.1. The summed E-state index contributed by atoms with van der Waals surface area (Å²) in [6.45, 7) is 6.79. The number of hydrogen-bond acceptors (Lipinski definition) is 3. The molecule has 6 heteroatoms. The molecule has 0 bridgehead atoms. The molecule has 1 fully saturated rings. The lowest BCUT2D eigenvalue weighted by Crippen LogP contribution is -2.40. The molecular weight excluding hydrogens is 376 g/mol. The van der Waals surface area contributed by atoms with Crippen LogP contribution in [-0.4, -0.2) is 50.1 Å². The molecule has 160 valence electrons. The van der Waals surface area contributed by atoms with Gasteiger partial charge in [-0.1, -0.05) is 42.5 Å². The quantitative estimate of drug-likeness (QED) is 0.520. The molecule has 1 heterocycles. The average Bonchev–Trinajstić information content (AvgIpc) is 3.25. The fraction of sp³-hybridized carbons (Fsp3) is 0.417. The van der Waals surface area contributed by atoms with Crippen LogP contribution >= 0.6 is 0 Å². The fourth-order valence-corrected chi connectivity index (χ4v) is 3.63. The number of benzene rings is 2. The van der Waals surface area contributed by atoms with Crippen LogP contribution in [0.3, 0.4) is 0 Å². The van der Waals surface area contributed by atoms with Gasteiger partial charge in [-0.05, 0) is 36.6 Å². The summed E-state index contributed by atoms with van der Waals surface area (Å²) in [5.74, 6) is 1.35. The molecule has 1 amide bonds. The van der Waals surface area contributed by atoms with Gasteiger partial charge in [-0.2, -0.15) is 0 Å². The Bertz CT molecular complexity index is 838. The van der Waals surface area contributed by atoms with Gasteiger partial charge < -0.3 is 20.3 Å². The number of aliphatic imine (C=N–C) groups is 1. The zero-order chi connectivity index (χ0) is 21.2. The van der Waals surface area contributed by atoms with Gasteiger partial charge in [-0.15, -0.1) is 0 Å². The minimum Gasteiger partial charge on any atom is -0.376 e. The third kappa shape index (κ3) is 6.32. The van der Waals surface area contributed by atoms with Crippen LogP contribution in [-0.2, 0) is 17.9 Å². The van der Waals surface area contributed by atoms with Crippen molar-refractivity contribution in [2.24, 2.45) is 10.9 Å². The van der Waals surface area contributed by atoms with E-state index in [1.807, 2.05) is 42.5 Å². The van der Waals surface area contributed by atoms with Crippen LogP contribution < -0.4 is 10.6 Å². The number of nitrogens with one attached hydrogen (secondary N) is 2. The fourth-order valence-electron chi connectivity index (χ4n) is 3.63. The first kappa shape index (κ1) is 21.8. The highest BCUT2D eigenvalue weighted by atomic mass is 16.5. The first-order valence-electron chi connectivity index (χ1n) is 10.7. The molecule has 2 aromatic carbocycles. The van der Waals surface area contributed by atoms with Gasteiger partial charge in [0, 0.05) is 38.2 Å². The van der Waals surface area contributed by atoms with Crippen molar-refractivity contribution < 1.29 is 9.53 Å². The lowest BCUT2D eigenvalue weighted by molar-refractivity contribution is 0.0906. The van der Waals surface area contributed by atoms with Crippen molar-refractivity contribution in [1.29, 1.82) is 0 Å². The number of nitrogens with zero attached hydrogens (tertiary/aromatic N) is 2. The summed E-state index contributed by atoms with van der Waals surface area (Å²) in [6, 6.07) is 17.9. The van der Waals surface area contributed by atoms with Crippen molar-refractivity contribution in [2.45, 2.75) is 26.5 Å². The van der Waals surface area contributed by atoms with Crippen molar-refractivity contribution in [2.75, 3.05) is 33.3 Å². The number of rotatable bonds is 8. The maximum absolute atomic E-state index is 11.8. The van der Waals surface area contributed by atoms with Crippen molar-refractivity contribution >= 4 is 11.9 Å². The highest BCUT2D eigenvalue weighted by Gasteiger charge is 2.25. The molecule has 1 unspecified atom stereocenters. The number of hydrogen-bond donors (Lipinski definition) is 2. The molecule has 3 rings (SSSR count). The van der Waals surface area contributed by atoms with Crippen molar-refractivity contribution in [3.8, 4) is 0 Å². The largest absolute Gasteiger partial charge is 0.376 e. The zero-order valence-corrected chi connectivity index (χ0v) is 17.9. The number of amides is 1. The second kappa shape index (κ2) is 11.4. The molecule has 1 aliphatic rings. The monoisotopic (exact) mass is 408 g/mol. The molecule has 1 atom stereocenters. The average molecular weight is 409 g/mol. The van der Waals surface area contributed by atoms with Crippen LogP contribution in [0, 0.1) is 5.92 Å². The van der Waals surface area contributed by atoms with Gasteiger partial charge in [-0.25, -0.2) is 4.99 Å². The van der Waals surface area contributed by atoms with E-state index in [0.717, 1.165) is 44.2 Å². The second-order valence-corrected chi connectivity index (χ2v) is 7.55. The van der Waals surface area contributed by atoms with Gasteiger partial charge in [0.05, 0.1) is 19.8 Å². The Labute approximate surface area is 179 Å². The van der Waals surface area contributed by atoms with E-state index in [0.29, 0.717) is 24.6 Å². The van der Waals surface area contributed by atoms with E-state index in [1.54, 1.807) is 7.05 Å². The van der Waals surface area contributed by atoms with Gasteiger partial charge in [0.1, 0.15) is 0 Å². The highest BCUT2D eigenvalue weighted by molar-refractivity contribution is 5.94. The van der Waals surface area contributed by atoms with Gasteiger partial charge in [0.15, 0.2) is 5.96 Å². The maximum atomic E-state index is 11.8. The molecule has 0 radical (unpaired) electrons. The molecule has 0 aliphatic carbocycles. The maximum Gasteiger partial charge on any atom is 0.251 e. The summed E-state index contributed by atoms with van der Waals surface area (Å²) in [5.41, 5.74) is 2.89. The minimum absolute atomic E-state index is 0.0781. The van der Waals surface area contributed by atoms with Gasteiger partial charge in [0.25, 0.3) is 5.91 Å². The summed E-state index contributed by atoms with van der Waals surface area (Å²) < 4.78 is 5.94.